The predicted molar refractivity (Wildman–Crippen MR) is 139 cm³/mol. The molecule has 0 aliphatic carbocycles. The SMILES string of the molecule is CC(=O)Nc1ccc(-c2c3c(=O)n(C)c(=O)n(CC(C)C)c3nn2Cc2cc(Cl)cc(Cl)c2)cc1. The zero-order valence-electron chi connectivity index (χ0n) is 19.8. The summed E-state index contributed by atoms with van der Waals surface area (Å²) in [6, 6.07) is 12.3. The second-order valence-corrected chi connectivity index (χ2v) is 9.77. The summed E-state index contributed by atoms with van der Waals surface area (Å²) in [5.74, 6) is -0.0247. The van der Waals surface area contributed by atoms with Crippen molar-refractivity contribution in [3.05, 3.63) is 78.9 Å². The number of hydrogen-bond donors (Lipinski definition) is 1. The Morgan fingerprint density at radius 3 is 2.26 bits per heavy atom. The molecule has 4 rings (SSSR count). The molecule has 0 unspecified atom stereocenters. The first-order valence-corrected chi connectivity index (χ1v) is 11.8. The van der Waals surface area contributed by atoms with Crippen LogP contribution in [-0.4, -0.2) is 24.8 Å². The standard InChI is InChI=1S/C25H25Cl2N5O3/c1-14(2)12-31-23-21(24(34)30(4)25(31)35)22(17-5-7-20(8-6-17)28-15(3)33)32(29-23)13-16-9-18(26)11-19(27)10-16/h5-11,14H,12-13H2,1-4H3,(H,28,33). The van der Waals surface area contributed by atoms with Crippen LogP contribution in [0.5, 0.6) is 0 Å². The molecule has 2 aromatic carbocycles. The van der Waals surface area contributed by atoms with Gasteiger partial charge in [-0.3, -0.25) is 23.4 Å². The molecular formula is C25H25Cl2N5O3. The molecule has 2 heterocycles. The molecule has 182 valence electrons. The van der Waals surface area contributed by atoms with Gasteiger partial charge in [0.15, 0.2) is 5.65 Å². The molecule has 0 spiro atoms. The normalized spacial score (nSPS) is 11.4. The molecule has 10 heteroatoms. The van der Waals surface area contributed by atoms with Crippen LogP contribution in [-0.2, 0) is 24.9 Å². The summed E-state index contributed by atoms with van der Waals surface area (Å²) >= 11 is 12.4. The van der Waals surface area contributed by atoms with E-state index in [9.17, 15) is 14.4 Å². The molecule has 0 atom stereocenters. The van der Waals surface area contributed by atoms with Crippen LogP contribution in [0.1, 0.15) is 26.3 Å². The van der Waals surface area contributed by atoms with E-state index in [4.69, 9.17) is 28.3 Å². The third-order valence-electron chi connectivity index (χ3n) is 5.51. The third kappa shape index (κ3) is 5.04. The maximum atomic E-state index is 13.4. The van der Waals surface area contributed by atoms with E-state index in [1.165, 1.54) is 18.5 Å². The van der Waals surface area contributed by atoms with Gasteiger partial charge in [0.2, 0.25) is 5.91 Å². The highest BCUT2D eigenvalue weighted by Gasteiger charge is 2.23. The Labute approximate surface area is 211 Å². The van der Waals surface area contributed by atoms with E-state index in [-0.39, 0.29) is 18.4 Å². The number of amides is 1. The summed E-state index contributed by atoms with van der Waals surface area (Å²) in [5, 5.41) is 8.79. The molecule has 35 heavy (non-hydrogen) atoms. The fourth-order valence-corrected chi connectivity index (χ4v) is 4.66. The summed E-state index contributed by atoms with van der Waals surface area (Å²) < 4.78 is 4.35. The number of aromatic nitrogens is 4. The second-order valence-electron chi connectivity index (χ2n) is 8.89. The van der Waals surface area contributed by atoms with E-state index >= 15 is 0 Å². The Balaban J connectivity index is 2.01. The molecule has 0 aliphatic rings. The highest BCUT2D eigenvalue weighted by molar-refractivity contribution is 6.34. The van der Waals surface area contributed by atoms with Crippen molar-refractivity contribution >= 4 is 45.8 Å². The first kappa shape index (κ1) is 24.8. The van der Waals surface area contributed by atoms with E-state index in [1.807, 2.05) is 13.8 Å². The average molecular weight is 514 g/mol. The van der Waals surface area contributed by atoms with Gasteiger partial charge in [0.05, 0.1) is 12.2 Å². The first-order chi connectivity index (χ1) is 16.5. The summed E-state index contributed by atoms with van der Waals surface area (Å²) in [4.78, 5) is 37.8. The predicted octanol–water partition coefficient (Wildman–Crippen LogP) is 4.53. The molecule has 0 bridgehead atoms. The van der Waals surface area contributed by atoms with Crippen molar-refractivity contribution < 1.29 is 4.79 Å². The van der Waals surface area contributed by atoms with Crippen LogP contribution >= 0.6 is 23.2 Å². The molecule has 8 nitrogen and oxygen atoms in total. The van der Waals surface area contributed by atoms with Crippen molar-refractivity contribution in [3.8, 4) is 11.3 Å². The molecule has 4 aromatic rings. The number of carbonyl (C=O) groups is 1. The molecule has 0 saturated heterocycles. The van der Waals surface area contributed by atoms with Crippen LogP contribution in [0.3, 0.4) is 0 Å². The quantitative estimate of drug-likeness (QED) is 0.409. The highest BCUT2D eigenvalue weighted by Crippen LogP contribution is 2.29. The van der Waals surface area contributed by atoms with Crippen molar-refractivity contribution in [3.63, 3.8) is 0 Å². The lowest BCUT2D eigenvalue weighted by Crippen LogP contribution is -2.38. The molecule has 0 aliphatic heterocycles. The van der Waals surface area contributed by atoms with Gasteiger partial charge >= 0.3 is 5.69 Å². The molecule has 0 fully saturated rings. The fourth-order valence-electron chi connectivity index (χ4n) is 4.09. The van der Waals surface area contributed by atoms with Gasteiger partial charge in [-0.2, -0.15) is 5.10 Å². The number of carbonyl (C=O) groups excluding carboxylic acids is 1. The minimum atomic E-state index is -0.429. The van der Waals surface area contributed by atoms with Gasteiger partial charge in [0.25, 0.3) is 5.56 Å². The maximum absolute atomic E-state index is 13.4. The Morgan fingerprint density at radius 2 is 1.69 bits per heavy atom. The van der Waals surface area contributed by atoms with Crippen molar-refractivity contribution in [2.24, 2.45) is 13.0 Å². The topological polar surface area (TPSA) is 90.9 Å². The second kappa shape index (κ2) is 9.71. The summed E-state index contributed by atoms with van der Waals surface area (Å²) in [6.07, 6.45) is 0. The molecular weight excluding hydrogens is 489 g/mol. The summed E-state index contributed by atoms with van der Waals surface area (Å²) in [6.45, 7) is 6.11. The van der Waals surface area contributed by atoms with Crippen LogP contribution in [0.25, 0.3) is 22.3 Å². The minimum absolute atomic E-state index is 0.158. The number of anilines is 1. The van der Waals surface area contributed by atoms with E-state index in [2.05, 4.69) is 5.32 Å². The number of fused-ring (bicyclic) bond motifs is 1. The van der Waals surface area contributed by atoms with Gasteiger partial charge in [-0.25, -0.2) is 4.79 Å². The monoisotopic (exact) mass is 513 g/mol. The van der Waals surface area contributed by atoms with Crippen molar-refractivity contribution in [2.75, 3.05) is 5.32 Å². The van der Waals surface area contributed by atoms with E-state index in [0.29, 0.717) is 44.6 Å². The van der Waals surface area contributed by atoms with Crippen molar-refractivity contribution in [2.45, 2.75) is 33.9 Å². The van der Waals surface area contributed by atoms with Crippen LogP contribution in [0.4, 0.5) is 5.69 Å². The minimum Gasteiger partial charge on any atom is -0.326 e. The van der Waals surface area contributed by atoms with Gasteiger partial charge in [-0.1, -0.05) is 49.2 Å². The Morgan fingerprint density at radius 1 is 1.06 bits per heavy atom. The van der Waals surface area contributed by atoms with Gasteiger partial charge < -0.3 is 5.32 Å². The van der Waals surface area contributed by atoms with E-state index in [1.54, 1.807) is 47.1 Å². The van der Waals surface area contributed by atoms with Crippen LogP contribution in [0.15, 0.2) is 52.1 Å². The smallest absolute Gasteiger partial charge is 0.326 e. The molecule has 0 radical (unpaired) electrons. The van der Waals surface area contributed by atoms with Crippen LogP contribution in [0, 0.1) is 5.92 Å². The number of nitrogens with zero attached hydrogens (tertiary/aromatic N) is 4. The van der Waals surface area contributed by atoms with Crippen LogP contribution in [0.2, 0.25) is 10.0 Å². The number of benzene rings is 2. The zero-order valence-corrected chi connectivity index (χ0v) is 21.3. The Hall–Kier alpha value is -3.36. The van der Waals surface area contributed by atoms with E-state index < -0.39 is 11.2 Å². The molecule has 0 saturated carbocycles. The fraction of sp³-hybridized carbons (Fsp3) is 0.280. The first-order valence-electron chi connectivity index (χ1n) is 11.1. The summed E-state index contributed by atoms with van der Waals surface area (Å²) in [7, 11) is 1.47. The molecule has 2 aromatic heterocycles. The van der Waals surface area contributed by atoms with Crippen LogP contribution < -0.4 is 16.6 Å². The van der Waals surface area contributed by atoms with Gasteiger partial charge in [-0.05, 0) is 41.8 Å². The third-order valence-corrected chi connectivity index (χ3v) is 5.94. The van der Waals surface area contributed by atoms with Gasteiger partial charge in [0.1, 0.15) is 5.39 Å². The lowest BCUT2D eigenvalue weighted by Gasteiger charge is -2.11. The lowest BCUT2D eigenvalue weighted by molar-refractivity contribution is -0.114. The highest BCUT2D eigenvalue weighted by atomic mass is 35.5. The van der Waals surface area contributed by atoms with Gasteiger partial charge in [-0.15, -0.1) is 0 Å². The average Bonchev–Trinajstić information content (AvgIpc) is 3.13. The number of nitrogens with one attached hydrogen (secondary N) is 1. The number of hydrogen-bond acceptors (Lipinski definition) is 4. The largest absolute Gasteiger partial charge is 0.332 e. The number of rotatable bonds is 6. The maximum Gasteiger partial charge on any atom is 0.332 e. The van der Waals surface area contributed by atoms with Gasteiger partial charge in [0, 0.05) is 41.8 Å². The molecule has 1 amide bonds. The van der Waals surface area contributed by atoms with Crippen molar-refractivity contribution in [1.82, 2.24) is 18.9 Å². The Bertz CT molecular complexity index is 1530. The summed E-state index contributed by atoms with van der Waals surface area (Å²) in [5.41, 5.74) is 2.16. The zero-order chi connectivity index (χ0) is 25.4. The lowest BCUT2D eigenvalue weighted by atomic mass is 10.1. The Kier molecular flexibility index (Phi) is 6.87. The van der Waals surface area contributed by atoms with E-state index in [0.717, 1.165) is 10.1 Å². The van der Waals surface area contributed by atoms with Crippen molar-refractivity contribution in [1.29, 1.82) is 0 Å². The number of halogens is 2. The molecule has 1 N–H and O–H groups in total.